The number of nitrogens with zero attached hydrogens (tertiary/aromatic N) is 1. The molecule has 0 unspecified atom stereocenters. The Bertz CT molecular complexity index is 781. The van der Waals surface area contributed by atoms with Crippen molar-refractivity contribution < 1.29 is 19.1 Å². The van der Waals surface area contributed by atoms with Gasteiger partial charge in [-0.3, -0.25) is 9.59 Å². The number of carbonyl (C=O) groups is 3. The Morgan fingerprint density at radius 3 is 2.42 bits per heavy atom. The second-order valence-corrected chi connectivity index (χ2v) is 5.64. The molecule has 8 heteroatoms. The Morgan fingerprint density at radius 2 is 1.83 bits per heavy atom. The number of hydrogen-bond donors (Lipinski definition) is 2. The number of benzene rings is 1. The lowest BCUT2D eigenvalue weighted by molar-refractivity contribution is -0.136. The molecule has 1 aromatic carbocycles. The van der Waals surface area contributed by atoms with E-state index in [1.807, 2.05) is 18.4 Å². The third kappa shape index (κ3) is 4.50. The summed E-state index contributed by atoms with van der Waals surface area (Å²) in [5.74, 6) is -2.23. The number of esters is 1. The van der Waals surface area contributed by atoms with Gasteiger partial charge in [0.1, 0.15) is 0 Å². The minimum Gasteiger partial charge on any atom is -0.465 e. The zero-order valence-electron chi connectivity index (χ0n) is 13.0. The Labute approximate surface area is 142 Å². The van der Waals surface area contributed by atoms with Gasteiger partial charge in [0.2, 0.25) is 0 Å². The van der Waals surface area contributed by atoms with Crippen molar-refractivity contribution in [2.24, 2.45) is 5.10 Å². The Balaban J connectivity index is 1.89. The van der Waals surface area contributed by atoms with Crippen LogP contribution in [0.2, 0.25) is 0 Å². The molecule has 0 aliphatic heterocycles. The minimum absolute atomic E-state index is 0.343. The summed E-state index contributed by atoms with van der Waals surface area (Å²) in [6.45, 7) is 1.92. The van der Waals surface area contributed by atoms with Crippen molar-refractivity contribution in [2.75, 3.05) is 12.4 Å². The van der Waals surface area contributed by atoms with Crippen LogP contribution in [0.1, 0.15) is 20.8 Å². The quantitative estimate of drug-likeness (QED) is 0.383. The number of nitrogens with one attached hydrogen (secondary N) is 2. The first-order valence-corrected chi connectivity index (χ1v) is 7.76. The van der Waals surface area contributed by atoms with Gasteiger partial charge in [-0.25, -0.2) is 10.2 Å². The molecule has 2 aromatic rings. The summed E-state index contributed by atoms with van der Waals surface area (Å²) >= 11 is 1.48. The lowest BCUT2D eigenvalue weighted by Gasteiger charge is -2.05. The van der Waals surface area contributed by atoms with Crippen LogP contribution in [0, 0.1) is 6.92 Å². The summed E-state index contributed by atoms with van der Waals surface area (Å²) in [5, 5.41) is 8.06. The number of aryl methyl sites for hydroxylation is 1. The standard InChI is InChI=1S/C16H15N3O4S/c1-10-7-8-24-13(10)9-17-19-15(21)14(20)18-12-5-3-11(4-6-12)16(22)23-2/h3-9H,1-2H3,(H,18,20)(H,19,21)/b17-9+. The second-order valence-electron chi connectivity index (χ2n) is 4.69. The average Bonchev–Trinajstić information content (AvgIpc) is 2.99. The first-order chi connectivity index (χ1) is 11.5. The highest BCUT2D eigenvalue weighted by atomic mass is 32.1. The predicted octanol–water partition coefficient (Wildman–Crippen LogP) is 1.93. The monoisotopic (exact) mass is 345 g/mol. The number of carbonyl (C=O) groups excluding carboxylic acids is 3. The van der Waals surface area contributed by atoms with Gasteiger partial charge in [0.15, 0.2) is 0 Å². The van der Waals surface area contributed by atoms with Gasteiger partial charge >= 0.3 is 17.8 Å². The van der Waals surface area contributed by atoms with Crippen molar-refractivity contribution in [3.05, 3.63) is 51.7 Å². The van der Waals surface area contributed by atoms with Gasteiger partial charge in [-0.2, -0.15) is 5.10 Å². The van der Waals surface area contributed by atoms with E-state index in [0.717, 1.165) is 10.4 Å². The second kappa shape index (κ2) is 8.02. The van der Waals surface area contributed by atoms with E-state index in [2.05, 4.69) is 20.6 Å². The highest BCUT2D eigenvalue weighted by molar-refractivity contribution is 7.11. The fourth-order valence-electron chi connectivity index (χ4n) is 1.71. The maximum Gasteiger partial charge on any atom is 0.337 e. The smallest absolute Gasteiger partial charge is 0.337 e. The molecule has 0 saturated carbocycles. The molecule has 24 heavy (non-hydrogen) atoms. The van der Waals surface area contributed by atoms with E-state index in [1.165, 1.54) is 48.9 Å². The normalized spacial score (nSPS) is 10.4. The molecule has 2 amide bonds. The summed E-state index contributed by atoms with van der Waals surface area (Å²) in [6, 6.07) is 7.89. The Kier molecular flexibility index (Phi) is 5.80. The molecule has 7 nitrogen and oxygen atoms in total. The van der Waals surface area contributed by atoms with Crippen molar-refractivity contribution in [1.29, 1.82) is 0 Å². The van der Waals surface area contributed by atoms with Gasteiger partial charge in [-0.1, -0.05) is 0 Å². The Hall–Kier alpha value is -3.00. The van der Waals surface area contributed by atoms with Crippen LogP contribution in [-0.4, -0.2) is 31.1 Å². The number of hydrogen-bond acceptors (Lipinski definition) is 6. The number of hydrazone groups is 1. The van der Waals surface area contributed by atoms with Crippen molar-refractivity contribution >= 4 is 41.0 Å². The van der Waals surface area contributed by atoms with Gasteiger partial charge < -0.3 is 10.1 Å². The van der Waals surface area contributed by atoms with Crippen LogP contribution in [0.3, 0.4) is 0 Å². The fraction of sp³-hybridized carbons (Fsp3) is 0.125. The van der Waals surface area contributed by atoms with E-state index in [1.54, 1.807) is 0 Å². The molecule has 0 spiro atoms. The lowest BCUT2D eigenvalue weighted by Crippen LogP contribution is -2.32. The highest BCUT2D eigenvalue weighted by Crippen LogP contribution is 2.12. The lowest BCUT2D eigenvalue weighted by atomic mass is 10.2. The SMILES string of the molecule is COC(=O)c1ccc(NC(=O)C(=O)N/N=C/c2sccc2C)cc1. The zero-order valence-corrected chi connectivity index (χ0v) is 13.8. The van der Waals surface area contributed by atoms with Gasteiger partial charge in [-0.05, 0) is 48.2 Å². The molecule has 124 valence electrons. The van der Waals surface area contributed by atoms with Gasteiger partial charge in [0, 0.05) is 10.6 Å². The summed E-state index contributed by atoms with van der Waals surface area (Å²) in [6.07, 6.45) is 1.48. The number of methoxy groups -OCH3 is 1. The number of anilines is 1. The number of thiophene rings is 1. The molecule has 0 radical (unpaired) electrons. The molecule has 0 aliphatic carbocycles. The van der Waals surface area contributed by atoms with E-state index in [0.29, 0.717) is 11.3 Å². The van der Waals surface area contributed by atoms with Crippen LogP contribution in [0.4, 0.5) is 5.69 Å². The van der Waals surface area contributed by atoms with E-state index >= 15 is 0 Å². The average molecular weight is 345 g/mol. The molecule has 0 saturated heterocycles. The predicted molar refractivity (Wildman–Crippen MR) is 91.2 cm³/mol. The molecular weight excluding hydrogens is 330 g/mol. The molecule has 1 aromatic heterocycles. The molecule has 2 rings (SSSR count). The third-order valence-corrected chi connectivity index (χ3v) is 3.97. The zero-order chi connectivity index (χ0) is 17.5. The molecule has 0 bridgehead atoms. The fourth-order valence-corrected chi connectivity index (χ4v) is 2.50. The first-order valence-electron chi connectivity index (χ1n) is 6.88. The summed E-state index contributed by atoms with van der Waals surface area (Å²) in [4.78, 5) is 35.6. The van der Waals surface area contributed by atoms with E-state index in [-0.39, 0.29) is 0 Å². The van der Waals surface area contributed by atoms with Crippen molar-refractivity contribution in [3.63, 3.8) is 0 Å². The first kappa shape index (κ1) is 17.4. The third-order valence-electron chi connectivity index (χ3n) is 3.02. The number of rotatable bonds is 4. The van der Waals surface area contributed by atoms with E-state index in [9.17, 15) is 14.4 Å². The van der Waals surface area contributed by atoms with Crippen molar-refractivity contribution in [3.8, 4) is 0 Å². The molecule has 0 aliphatic rings. The molecule has 2 N–H and O–H groups in total. The van der Waals surface area contributed by atoms with Gasteiger partial charge in [-0.15, -0.1) is 11.3 Å². The summed E-state index contributed by atoms with van der Waals surface area (Å²) in [7, 11) is 1.28. The van der Waals surface area contributed by atoms with Crippen LogP contribution < -0.4 is 10.7 Å². The molecule has 1 heterocycles. The summed E-state index contributed by atoms with van der Waals surface area (Å²) in [5.41, 5.74) is 3.91. The van der Waals surface area contributed by atoms with Crippen molar-refractivity contribution in [1.82, 2.24) is 5.43 Å². The van der Waals surface area contributed by atoms with Crippen LogP contribution >= 0.6 is 11.3 Å². The van der Waals surface area contributed by atoms with Crippen molar-refractivity contribution in [2.45, 2.75) is 6.92 Å². The Morgan fingerprint density at radius 1 is 1.12 bits per heavy atom. The van der Waals surface area contributed by atoms with Gasteiger partial charge in [0.25, 0.3) is 0 Å². The van der Waals surface area contributed by atoms with Crippen LogP contribution in [0.5, 0.6) is 0 Å². The van der Waals surface area contributed by atoms with Crippen LogP contribution in [0.15, 0.2) is 40.8 Å². The largest absolute Gasteiger partial charge is 0.465 e. The van der Waals surface area contributed by atoms with Crippen LogP contribution in [-0.2, 0) is 14.3 Å². The molecular formula is C16H15N3O4S. The summed E-state index contributed by atoms with van der Waals surface area (Å²) < 4.78 is 4.57. The molecule has 0 atom stereocenters. The van der Waals surface area contributed by atoms with E-state index < -0.39 is 17.8 Å². The van der Waals surface area contributed by atoms with Gasteiger partial charge in [0.05, 0.1) is 18.9 Å². The molecule has 0 fully saturated rings. The maximum absolute atomic E-state index is 11.8. The number of ether oxygens (including phenoxy) is 1. The number of amides is 2. The minimum atomic E-state index is -0.891. The highest BCUT2D eigenvalue weighted by Gasteiger charge is 2.13. The van der Waals surface area contributed by atoms with Crippen LogP contribution in [0.25, 0.3) is 0 Å². The van der Waals surface area contributed by atoms with E-state index in [4.69, 9.17) is 0 Å². The maximum atomic E-state index is 11.8. The topological polar surface area (TPSA) is 96.9 Å².